The molecule has 7 nitrogen and oxygen atoms in total. The predicted octanol–water partition coefficient (Wildman–Crippen LogP) is 5.44. The number of benzene rings is 3. The molecule has 4 rings (SSSR count). The highest BCUT2D eigenvalue weighted by atomic mass is 32.2. The zero-order valence-electron chi connectivity index (χ0n) is 20.6. The number of rotatable bonds is 10. The van der Waals surface area contributed by atoms with Crippen molar-refractivity contribution in [3.63, 3.8) is 0 Å². The van der Waals surface area contributed by atoms with Crippen molar-refractivity contribution < 1.29 is 23.5 Å². The number of carbonyl (C=O) groups excluding carboxylic acids is 2. The Morgan fingerprint density at radius 1 is 1.05 bits per heavy atom. The third kappa shape index (κ3) is 6.89. The van der Waals surface area contributed by atoms with Crippen LogP contribution in [-0.2, 0) is 16.0 Å². The van der Waals surface area contributed by atoms with E-state index < -0.39 is 11.1 Å². The molecule has 37 heavy (non-hydrogen) atoms. The number of hydrogen-bond acceptors (Lipinski definition) is 6. The molecular formula is C28H28FN3O4S. The van der Waals surface area contributed by atoms with Crippen molar-refractivity contribution in [3.8, 4) is 11.5 Å². The van der Waals surface area contributed by atoms with Gasteiger partial charge in [-0.15, -0.1) is 0 Å². The van der Waals surface area contributed by atoms with E-state index in [4.69, 9.17) is 9.47 Å². The Morgan fingerprint density at radius 2 is 1.76 bits per heavy atom. The Hall–Kier alpha value is -3.85. The molecule has 0 aliphatic carbocycles. The topological polar surface area (TPSA) is 80.2 Å². The number of aliphatic imine (C=N–C) groups is 1. The number of anilines is 1. The summed E-state index contributed by atoms with van der Waals surface area (Å²) >= 11 is 1.18. The zero-order valence-corrected chi connectivity index (χ0v) is 21.5. The molecule has 0 spiro atoms. The van der Waals surface area contributed by atoms with E-state index in [2.05, 4.69) is 10.3 Å². The highest BCUT2D eigenvalue weighted by molar-refractivity contribution is 8.15. The molecule has 192 valence electrons. The lowest BCUT2D eigenvalue weighted by Crippen LogP contribution is -2.35. The van der Waals surface area contributed by atoms with Crippen molar-refractivity contribution >= 4 is 40.1 Å². The first-order chi connectivity index (χ1) is 18.0. The second kappa shape index (κ2) is 12.4. The van der Waals surface area contributed by atoms with Crippen LogP contribution in [0.25, 0.3) is 0 Å². The smallest absolute Gasteiger partial charge is 0.242 e. The summed E-state index contributed by atoms with van der Waals surface area (Å²) in [4.78, 5) is 32.1. The first-order valence-electron chi connectivity index (χ1n) is 11.9. The minimum atomic E-state index is -0.663. The van der Waals surface area contributed by atoms with Crippen LogP contribution in [0.4, 0.5) is 15.8 Å². The number of para-hydroxylation sites is 1. The van der Waals surface area contributed by atoms with Crippen LogP contribution < -0.4 is 14.8 Å². The summed E-state index contributed by atoms with van der Waals surface area (Å²) in [5, 5.41) is 2.54. The van der Waals surface area contributed by atoms with Gasteiger partial charge in [0.2, 0.25) is 11.8 Å². The summed E-state index contributed by atoms with van der Waals surface area (Å²) < 4.78 is 24.9. The standard InChI is InChI=1S/C28H28FN3O4S/c1-3-36-22-14-10-20(11-15-22)30-26(33)18-25-27(34)32(17-16-19-8-12-21(35-2)13-9-19)28(37-25)31-24-7-5-4-6-23(24)29/h4-15,25H,3,16-18H2,1-2H3,(H,30,33). The van der Waals surface area contributed by atoms with Crippen molar-refractivity contribution in [2.75, 3.05) is 25.6 Å². The Bertz CT molecular complexity index is 1270. The number of amides is 2. The van der Waals surface area contributed by atoms with E-state index in [9.17, 15) is 14.0 Å². The summed E-state index contributed by atoms with van der Waals surface area (Å²) in [5.41, 5.74) is 1.77. The molecule has 0 radical (unpaired) electrons. The average Bonchev–Trinajstić information content (AvgIpc) is 3.19. The molecule has 3 aromatic carbocycles. The molecule has 1 aliphatic heterocycles. The molecule has 1 heterocycles. The SMILES string of the molecule is CCOc1ccc(NC(=O)CC2SC(=Nc3ccccc3F)N(CCc3ccc(OC)cc3)C2=O)cc1. The van der Waals surface area contributed by atoms with E-state index in [1.165, 1.54) is 22.7 Å². The molecule has 0 aromatic heterocycles. The minimum absolute atomic E-state index is 0.0357. The summed E-state index contributed by atoms with van der Waals surface area (Å²) in [7, 11) is 1.60. The van der Waals surface area contributed by atoms with Crippen molar-refractivity contribution in [1.82, 2.24) is 4.90 Å². The Balaban J connectivity index is 1.47. The van der Waals surface area contributed by atoms with Crippen LogP contribution in [0.2, 0.25) is 0 Å². The van der Waals surface area contributed by atoms with Crippen LogP contribution in [-0.4, -0.2) is 47.4 Å². The molecule has 1 aliphatic rings. The lowest BCUT2D eigenvalue weighted by molar-refractivity contribution is -0.128. The lowest BCUT2D eigenvalue weighted by Gasteiger charge is -2.17. The van der Waals surface area contributed by atoms with Crippen LogP contribution in [0.1, 0.15) is 18.9 Å². The van der Waals surface area contributed by atoms with E-state index in [1.807, 2.05) is 31.2 Å². The quantitative estimate of drug-likeness (QED) is 0.385. The van der Waals surface area contributed by atoms with E-state index >= 15 is 0 Å². The molecular weight excluding hydrogens is 493 g/mol. The molecule has 1 atom stereocenters. The van der Waals surface area contributed by atoms with Crippen molar-refractivity contribution in [1.29, 1.82) is 0 Å². The van der Waals surface area contributed by atoms with Crippen molar-refractivity contribution in [3.05, 3.63) is 84.2 Å². The van der Waals surface area contributed by atoms with Gasteiger partial charge in [-0.3, -0.25) is 14.5 Å². The van der Waals surface area contributed by atoms with E-state index in [1.54, 1.807) is 49.6 Å². The number of halogens is 1. The minimum Gasteiger partial charge on any atom is -0.497 e. The monoisotopic (exact) mass is 521 g/mol. The van der Waals surface area contributed by atoms with Gasteiger partial charge in [-0.25, -0.2) is 9.38 Å². The maximum atomic E-state index is 14.3. The maximum Gasteiger partial charge on any atom is 0.242 e. The van der Waals surface area contributed by atoms with E-state index in [0.717, 1.165) is 11.3 Å². The summed E-state index contributed by atoms with van der Waals surface area (Å²) in [6.45, 7) is 2.80. The number of carbonyl (C=O) groups is 2. The molecule has 1 fully saturated rings. The van der Waals surface area contributed by atoms with Gasteiger partial charge in [-0.1, -0.05) is 36.0 Å². The van der Waals surface area contributed by atoms with Gasteiger partial charge < -0.3 is 14.8 Å². The summed E-state index contributed by atoms with van der Waals surface area (Å²) in [6, 6.07) is 20.8. The largest absolute Gasteiger partial charge is 0.497 e. The molecule has 0 bridgehead atoms. The number of amidine groups is 1. The van der Waals surface area contributed by atoms with Crippen molar-refractivity contribution in [2.45, 2.75) is 25.0 Å². The zero-order chi connectivity index (χ0) is 26.2. The highest BCUT2D eigenvalue weighted by Gasteiger charge is 2.39. The van der Waals surface area contributed by atoms with E-state index in [-0.39, 0.29) is 23.9 Å². The van der Waals surface area contributed by atoms with Crippen molar-refractivity contribution in [2.24, 2.45) is 4.99 Å². The molecule has 2 amide bonds. The van der Waals surface area contributed by atoms with E-state index in [0.29, 0.717) is 36.2 Å². The maximum absolute atomic E-state index is 14.3. The Kier molecular flexibility index (Phi) is 8.79. The normalized spacial score (nSPS) is 16.2. The molecule has 9 heteroatoms. The third-order valence-corrected chi connectivity index (χ3v) is 6.87. The number of nitrogens with zero attached hydrogens (tertiary/aromatic N) is 2. The third-order valence-electron chi connectivity index (χ3n) is 5.69. The van der Waals surface area contributed by atoms with Gasteiger partial charge in [0, 0.05) is 18.7 Å². The average molecular weight is 522 g/mol. The molecule has 1 saturated heterocycles. The Labute approximate surface area is 219 Å². The highest BCUT2D eigenvalue weighted by Crippen LogP contribution is 2.33. The number of nitrogens with one attached hydrogen (secondary N) is 1. The first kappa shape index (κ1) is 26.2. The molecule has 0 saturated carbocycles. The second-order valence-corrected chi connectivity index (χ2v) is 9.42. The van der Waals surface area contributed by atoms with Crippen LogP contribution in [0.3, 0.4) is 0 Å². The summed E-state index contributed by atoms with van der Waals surface area (Å²) in [6.07, 6.45) is 0.531. The fourth-order valence-electron chi connectivity index (χ4n) is 3.79. The lowest BCUT2D eigenvalue weighted by atomic mass is 10.1. The number of methoxy groups -OCH3 is 1. The van der Waals surface area contributed by atoms with Crippen LogP contribution >= 0.6 is 11.8 Å². The van der Waals surface area contributed by atoms with Crippen LogP contribution in [0.15, 0.2) is 77.8 Å². The van der Waals surface area contributed by atoms with Gasteiger partial charge in [0.05, 0.1) is 13.7 Å². The Morgan fingerprint density at radius 3 is 2.43 bits per heavy atom. The fraction of sp³-hybridized carbons (Fsp3) is 0.250. The molecule has 1 N–H and O–H groups in total. The van der Waals surface area contributed by atoms with Gasteiger partial charge in [-0.2, -0.15) is 0 Å². The van der Waals surface area contributed by atoms with Gasteiger partial charge in [0.15, 0.2) is 5.17 Å². The first-order valence-corrected chi connectivity index (χ1v) is 12.8. The van der Waals surface area contributed by atoms with Crippen LogP contribution in [0, 0.1) is 5.82 Å². The predicted molar refractivity (Wildman–Crippen MR) is 144 cm³/mol. The number of ether oxygens (including phenoxy) is 2. The van der Waals surface area contributed by atoms with Gasteiger partial charge in [0.1, 0.15) is 28.3 Å². The fourth-order valence-corrected chi connectivity index (χ4v) is 4.97. The van der Waals surface area contributed by atoms with Gasteiger partial charge in [-0.05, 0) is 67.4 Å². The number of hydrogen-bond donors (Lipinski definition) is 1. The van der Waals surface area contributed by atoms with Crippen LogP contribution in [0.5, 0.6) is 11.5 Å². The van der Waals surface area contributed by atoms with Gasteiger partial charge >= 0.3 is 0 Å². The van der Waals surface area contributed by atoms with Gasteiger partial charge in [0.25, 0.3) is 0 Å². The molecule has 3 aromatic rings. The molecule has 1 unspecified atom stereocenters. The second-order valence-electron chi connectivity index (χ2n) is 8.25. The summed E-state index contributed by atoms with van der Waals surface area (Å²) in [5.74, 6) is 0.461. The number of thioether (sulfide) groups is 1.